The van der Waals surface area contributed by atoms with Gasteiger partial charge in [-0.05, 0) is 25.0 Å². The van der Waals surface area contributed by atoms with Gasteiger partial charge in [-0.25, -0.2) is 9.99 Å². The molecule has 5 heteroatoms. The lowest BCUT2D eigenvalue weighted by atomic mass is 10.2. The highest BCUT2D eigenvalue weighted by atomic mass is 35.5. The number of hydrazine groups is 1. The molecule has 0 radical (unpaired) electrons. The number of hydrogen-bond acceptors (Lipinski definition) is 3. The zero-order valence-corrected chi connectivity index (χ0v) is 11.9. The number of nitrogens with zero attached hydrogens (tertiary/aromatic N) is 2. The summed E-state index contributed by atoms with van der Waals surface area (Å²) in [6, 6.07) is 9.18. The van der Waals surface area contributed by atoms with E-state index in [1.165, 1.54) is 6.42 Å². The fourth-order valence-electron chi connectivity index (χ4n) is 2.46. The molecule has 1 aromatic carbocycles. The number of para-hydroxylation sites is 1. The van der Waals surface area contributed by atoms with Gasteiger partial charge in [-0.1, -0.05) is 36.2 Å². The molecule has 0 aliphatic carbocycles. The summed E-state index contributed by atoms with van der Waals surface area (Å²) in [5.41, 5.74) is 4.00. The van der Waals surface area contributed by atoms with Crippen molar-refractivity contribution in [2.75, 3.05) is 13.1 Å². The van der Waals surface area contributed by atoms with Crippen LogP contribution in [-0.4, -0.2) is 29.0 Å². The number of hydrogen-bond donors (Lipinski definition) is 1. The zero-order chi connectivity index (χ0) is 13.9. The van der Waals surface area contributed by atoms with Crippen LogP contribution in [0.1, 0.15) is 29.8 Å². The highest BCUT2D eigenvalue weighted by Gasteiger charge is 2.16. The third-order valence-corrected chi connectivity index (χ3v) is 3.83. The molecule has 2 aromatic rings. The second-order valence-electron chi connectivity index (χ2n) is 5.00. The summed E-state index contributed by atoms with van der Waals surface area (Å²) in [7, 11) is 0. The Kier molecular flexibility index (Phi) is 3.85. The summed E-state index contributed by atoms with van der Waals surface area (Å²) in [6.07, 6.45) is 3.46. The summed E-state index contributed by atoms with van der Waals surface area (Å²) in [5.74, 6) is -0.195. The van der Waals surface area contributed by atoms with E-state index in [-0.39, 0.29) is 5.91 Å². The van der Waals surface area contributed by atoms with E-state index in [1.807, 2.05) is 29.3 Å². The lowest BCUT2D eigenvalue weighted by Crippen LogP contribution is -2.45. The molecule has 1 aliphatic heterocycles. The van der Waals surface area contributed by atoms with Crippen molar-refractivity contribution in [2.45, 2.75) is 19.3 Å². The number of carbonyl (C=O) groups is 1. The number of rotatable bonds is 2. The average Bonchev–Trinajstić information content (AvgIpc) is 2.48. The molecule has 104 valence electrons. The van der Waals surface area contributed by atoms with Gasteiger partial charge in [0.25, 0.3) is 5.91 Å². The third-order valence-electron chi connectivity index (χ3n) is 3.51. The molecule has 0 atom stereocenters. The van der Waals surface area contributed by atoms with Crippen LogP contribution in [0, 0.1) is 0 Å². The maximum atomic E-state index is 12.2. The van der Waals surface area contributed by atoms with Crippen molar-refractivity contribution in [3.05, 3.63) is 41.0 Å². The van der Waals surface area contributed by atoms with Gasteiger partial charge in [0.05, 0.1) is 10.5 Å². The van der Waals surface area contributed by atoms with E-state index < -0.39 is 0 Å². The minimum Gasteiger partial charge on any atom is -0.283 e. The number of piperidine rings is 1. The van der Waals surface area contributed by atoms with Crippen LogP contribution in [0.5, 0.6) is 0 Å². The van der Waals surface area contributed by atoms with Crippen molar-refractivity contribution in [2.24, 2.45) is 0 Å². The number of halogens is 1. The van der Waals surface area contributed by atoms with E-state index in [0.717, 1.165) is 36.8 Å². The lowest BCUT2D eigenvalue weighted by Gasteiger charge is -2.26. The Bertz CT molecular complexity index is 638. The van der Waals surface area contributed by atoms with Crippen molar-refractivity contribution in [3.63, 3.8) is 0 Å². The van der Waals surface area contributed by atoms with E-state index in [9.17, 15) is 4.79 Å². The summed E-state index contributed by atoms with van der Waals surface area (Å²) in [5, 5.41) is 3.37. The molecule has 1 amide bonds. The molecule has 2 heterocycles. The highest BCUT2D eigenvalue weighted by molar-refractivity contribution is 6.35. The van der Waals surface area contributed by atoms with Crippen LogP contribution < -0.4 is 5.43 Å². The largest absolute Gasteiger partial charge is 0.284 e. The maximum Gasteiger partial charge on any atom is 0.284 e. The predicted molar refractivity (Wildman–Crippen MR) is 79.6 cm³/mol. The van der Waals surface area contributed by atoms with E-state index in [2.05, 4.69) is 10.4 Å². The van der Waals surface area contributed by atoms with Gasteiger partial charge in [-0.2, -0.15) is 0 Å². The van der Waals surface area contributed by atoms with Crippen LogP contribution in [0.3, 0.4) is 0 Å². The molecular weight excluding hydrogens is 274 g/mol. The van der Waals surface area contributed by atoms with E-state index in [1.54, 1.807) is 6.07 Å². The topological polar surface area (TPSA) is 45.2 Å². The Morgan fingerprint density at radius 2 is 1.95 bits per heavy atom. The van der Waals surface area contributed by atoms with Gasteiger partial charge < -0.3 is 0 Å². The fraction of sp³-hybridized carbons (Fsp3) is 0.333. The molecule has 1 aromatic heterocycles. The first kappa shape index (κ1) is 13.3. The molecule has 20 heavy (non-hydrogen) atoms. The van der Waals surface area contributed by atoms with Crippen LogP contribution in [0.25, 0.3) is 10.9 Å². The van der Waals surface area contributed by atoms with E-state index in [0.29, 0.717) is 10.7 Å². The van der Waals surface area contributed by atoms with Gasteiger partial charge in [0.1, 0.15) is 5.69 Å². The van der Waals surface area contributed by atoms with Gasteiger partial charge in [-0.3, -0.25) is 10.2 Å². The monoisotopic (exact) mass is 289 g/mol. The highest BCUT2D eigenvalue weighted by Crippen LogP contribution is 2.22. The first-order chi connectivity index (χ1) is 9.74. The van der Waals surface area contributed by atoms with Gasteiger partial charge in [0, 0.05) is 18.5 Å². The number of pyridine rings is 1. The molecule has 0 saturated carbocycles. The first-order valence-electron chi connectivity index (χ1n) is 6.85. The van der Waals surface area contributed by atoms with Crippen LogP contribution in [-0.2, 0) is 0 Å². The molecule has 1 saturated heterocycles. The maximum absolute atomic E-state index is 12.2. The normalized spacial score (nSPS) is 16.2. The van der Waals surface area contributed by atoms with Crippen LogP contribution >= 0.6 is 11.6 Å². The van der Waals surface area contributed by atoms with Gasteiger partial charge in [0.15, 0.2) is 0 Å². The SMILES string of the molecule is O=C(NN1CCCCC1)c1cc(Cl)c2ccccc2n1. The standard InChI is InChI=1S/C15H16ClN3O/c16-12-10-14(17-13-7-3-2-6-11(12)13)15(20)18-19-8-4-1-5-9-19/h2-3,6-7,10H,1,4-5,8-9H2,(H,18,20). The first-order valence-corrected chi connectivity index (χ1v) is 7.23. The van der Waals surface area contributed by atoms with Crippen molar-refractivity contribution in [1.29, 1.82) is 0 Å². The molecule has 0 bridgehead atoms. The minimum absolute atomic E-state index is 0.195. The molecule has 0 spiro atoms. The second kappa shape index (κ2) is 5.77. The Hall–Kier alpha value is -1.65. The number of carbonyl (C=O) groups excluding carboxylic acids is 1. The average molecular weight is 290 g/mol. The van der Waals surface area contributed by atoms with Gasteiger partial charge >= 0.3 is 0 Å². The Morgan fingerprint density at radius 1 is 1.20 bits per heavy atom. The molecule has 1 fully saturated rings. The summed E-state index contributed by atoms with van der Waals surface area (Å²) in [6.45, 7) is 1.79. The summed E-state index contributed by atoms with van der Waals surface area (Å²) in [4.78, 5) is 16.6. The lowest BCUT2D eigenvalue weighted by molar-refractivity contribution is 0.0745. The van der Waals surface area contributed by atoms with Crippen molar-refractivity contribution >= 4 is 28.4 Å². The van der Waals surface area contributed by atoms with E-state index in [4.69, 9.17) is 11.6 Å². The number of fused-ring (bicyclic) bond motifs is 1. The fourth-order valence-corrected chi connectivity index (χ4v) is 2.72. The number of benzene rings is 1. The minimum atomic E-state index is -0.195. The van der Waals surface area contributed by atoms with Gasteiger partial charge in [0.2, 0.25) is 0 Å². The molecule has 3 rings (SSSR count). The predicted octanol–water partition coefficient (Wildman–Crippen LogP) is 3.02. The van der Waals surface area contributed by atoms with Crippen molar-refractivity contribution < 1.29 is 4.79 Å². The van der Waals surface area contributed by atoms with Crippen molar-refractivity contribution in [3.8, 4) is 0 Å². The number of nitrogens with one attached hydrogen (secondary N) is 1. The molecular formula is C15H16ClN3O. The molecule has 1 aliphatic rings. The quantitative estimate of drug-likeness (QED) is 0.924. The Balaban J connectivity index is 1.84. The zero-order valence-electron chi connectivity index (χ0n) is 11.1. The van der Waals surface area contributed by atoms with Crippen LogP contribution in [0.2, 0.25) is 5.02 Å². The Labute approximate surface area is 122 Å². The summed E-state index contributed by atoms with van der Waals surface area (Å²) < 4.78 is 0. The molecule has 4 nitrogen and oxygen atoms in total. The van der Waals surface area contributed by atoms with Crippen molar-refractivity contribution in [1.82, 2.24) is 15.4 Å². The van der Waals surface area contributed by atoms with Gasteiger partial charge in [-0.15, -0.1) is 0 Å². The number of aromatic nitrogens is 1. The molecule has 1 N–H and O–H groups in total. The smallest absolute Gasteiger partial charge is 0.283 e. The van der Waals surface area contributed by atoms with Crippen LogP contribution in [0.15, 0.2) is 30.3 Å². The second-order valence-corrected chi connectivity index (χ2v) is 5.40. The number of amides is 1. The van der Waals surface area contributed by atoms with Crippen LogP contribution in [0.4, 0.5) is 0 Å². The van der Waals surface area contributed by atoms with E-state index >= 15 is 0 Å². The summed E-state index contributed by atoms with van der Waals surface area (Å²) >= 11 is 6.22. The third kappa shape index (κ3) is 2.76. The Morgan fingerprint density at radius 3 is 2.75 bits per heavy atom. The molecule has 0 unspecified atom stereocenters.